The third kappa shape index (κ3) is 2.34. The van der Waals surface area contributed by atoms with Crippen LogP contribution < -0.4 is 5.11 Å². The van der Waals surface area contributed by atoms with E-state index in [1.807, 2.05) is 0 Å². The zero-order chi connectivity index (χ0) is 9.28. The molecule has 11 heavy (non-hydrogen) atoms. The Morgan fingerprint density at radius 1 is 1.36 bits per heavy atom. The van der Waals surface area contributed by atoms with Crippen molar-refractivity contribution in [1.29, 1.82) is 0 Å². The molecule has 0 aromatic heterocycles. The van der Waals surface area contributed by atoms with Gasteiger partial charge in [-0.1, -0.05) is 49.8 Å². The molecule has 1 nitrogen and oxygen atoms in total. The molecule has 0 aromatic rings. The zero-order valence-corrected chi connectivity index (χ0v) is 10.4. The summed E-state index contributed by atoms with van der Waals surface area (Å²) in [4.78, 5) is 1.53. The SMILES string of the molecule is CC(C)(C)[Si](C)(C)/C([O-])=C/Br. The Labute approximate surface area is 78.6 Å². The topological polar surface area (TPSA) is 23.1 Å². The number of rotatable bonds is 1. The highest BCUT2D eigenvalue weighted by Gasteiger charge is 2.33. The smallest absolute Gasteiger partial charge is 0.0691 e. The van der Waals surface area contributed by atoms with E-state index in [4.69, 9.17) is 0 Å². The Balaban J connectivity index is 4.74. The fraction of sp³-hybridized carbons (Fsp3) is 0.750. The molecule has 0 saturated carbocycles. The first-order valence-corrected chi connectivity index (χ1v) is 7.63. The Bertz CT molecular complexity index is 167. The fourth-order valence-corrected chi connectivity index (χ4v) is 3.23. The van der Waals surface area contributed by atoms with Gasteiger partial charge in [0.25, 0.3) is 0 Å². The van der Waals surface area contributed by atoms with E-state index in [1.54, 1.807) is 0 Å². The van der Waals surface area contributed by atoms with Crippen LogP contribution in [-0.2, 0) is 0 Å². The Morgan fingerprint density at radius 3 is 1.82 bits per heavy atom. The summed E-state index contributed by atoms with van der Waals surface area (Å²) in [5.74, 6) is 0. The molecule has 0 aromatic carbocycles. The van der Waals surface area contributed by atoms with Gasteiger partial charge in [-0.05, 0) is 10.0 Å². The van der Waals surface area contributed by atoms with Gasteiger partial charge in [0.1, 0.15) is 0 Å². The zero-order valence-electron chi connectivity index (χ0n) is 7.86. The van der Waals surface area contributed by atoms with Crippen LogP contribution in [0.5, 0.6) is 0 Å². The summed E-state index contributed by atoms with van der Waals surface area (Å²) in [6.45, 7) is 10.6. The van der Waals surface area contributed by atoms with Gasteiger partial charge in [-0.15, -0.1) is 5.38 Å². The summed E-state index contributed by atoms with van der Waals surface area (Å²) in [5, 5.41) is 11.9. The van der Waals surface area contributed by atoms with Crippen molar-refractivity contribution >= 4 is 24.0 Å². The van der Waals surface area contributed by atoms with Crippen LogP contribution in [0.4, 0.5) is 0 Å². The molecule has 0 aliphatic rings. The standard InChI is InChI=1S/C8H17BrOSi/c1-8(2,3)11(4,5)7(10)6-9/h6,10H,1-5H3/p-1/b7-6+. The van der Waals surface area contributed by atoms with Gasteiger partial charge in [-0.2, -0.15) is 0 Å². The van der Waals surface area contributed by atoms with Gasteiger partial charge >= 0.3 is 0 Å². The molecule has 3 heteroatoms. The third-order valence-electron chi connectivity index (χ3n) is 2.59. The minimum atomic E-state index is -1.75. The van der Waals surface area contributed by atoms with Gasteiger partial charge in [-0.3, -0.25) is 0 Å². The molecule has 0 saturated heterocycles. The Morgan fingerprint density at radius 2 is 1.73 bits per heavy atom. The third-order valence-corrected chi connectivity index (χ3v) is 8.55. The summed E-state index contributed by atoms with van der Waals surface area (Å²) in [6.07, 6.45) is 0. The monoisotopic (exact) mass is 235 g/mol. The second kappa shape index (κ2) is 3.31. The number of hydrogen-bond donors (Lipinski definition) is 0. The molecule has 0 atom stereocenters. The van der Waals surface area contributed by atoms with Gasteiger partial charge < -0.3 is 5.11 Å². The summed E-state index contributed by atoms with van der Waals surface area (Å²) in [7, 11) is -1.75. The fourth-order valence-electron chi connectivity index (χ4n) is 0.506. The number of hydrogen-bond acceptors (Lipinski definition) is 1. The van der Waals surface area contributed by atoms with E-state index in [2.05, 4.69) is 49.8 Å². The molecule has 66 valence electrons. The first-order valence-electron chi connectivity index (χ1n) is 3.71. The van der Waals surface area contributed by atoms with E-state index in [1.165, 1.54) is 4.99 Å². The maximum absolute atomic E-state index is 11.4. The maximum Gasteiger partial charge on any atom is 0.0691 e. The Kier molecular flexibility index (Phi) is 3.38. The van der Waals surface area contributed by atoms with E-state index in [-0.39, 0.29) is 10.4 Å². The van der Waals surface area contributed by atoms with Crippen molar-refractivity contribution < 1.29 is 5.11 Å². The van der Waals surface area contributed by atoms with Gasteiger partial charge in [0.15, 0.2) is 0 Å². The molecule has 0 bridgehead atoms. The van der Waals surface area contributed by atoms with Crippen LogP contribution in [0.3, 0.4) is 0 Å². The lowest BCUT2D eigenvalue weighted by molar-refractivity contribution is -0.289. The highest BCUT2D eigenvalue weighted by Crippen LogP contribution is 2.38. The van der Waals surface area contributed by atoms with Crippen LogP contribution in [0.1, 0.15) is 20.8 Å². The highest BCUT2D eigenvalue weighted by molar-refractivity contribution is 9.11. The lowest BCUT2D eigenvalue weighted by atomic mass is 10.2. The van der Waals surface area contributed by atoms with Crippen molar-refractivity contribution in [2.24, 2.45) is 0 Å². The molecule has 0 rings (SSSR count). The second-order valence-electron chi connectivity index (χ2n) is 4.35. The summed E-state index contributed by atoms with van der Waals surface area (Å²) < 4.78 is 0. The maximum atomic E-state index is 11.4. The van der Waals surface area contributed by atoms with Crippen LogP contribution in [0.25, 0.3) is 0 Å². The summed E-state index contributed by atoms with van der Waals surface area (Å²) >= 11 is 3.10. The van der Waals surface area contributed by atoms with Gasteiger partial charge in [-0.25, -0.2) is 0 Å². The molecular weight excluding hydrogens is 220 g/mol. The minimum absolute atomic E-state index is 0.147. The van der Waals surface area contributed by atoms with Crippen molar-refractivity contribution in [3.8, 4) is 0 Å². The molecule has 0 fully saturated rings. The predicted octanol–water partition coefficient (Wildman–Crippen LogP) is 2.63. The molecule has 0 radical (unpaired) electrons. The van der Waals surface area contributed by atoms with E-state index in [0.29, 0.717) is 0 Å². The summed E-state index contributed by atoms with van der Waals surface area (Å²) in [6, 6.07) is 0. The van der Waals surface area contributed by atoms with E-state index >= 15 is 0 Å². The van der Waals surface area contributed by atoms with Crippen LogP contribution in [0.15, 0.2) is 10.4 Å². The van der Waals surface area contributed by atoms with Crippen molar-refractivity contribution in [3.63, 3.8) is 0 Å². The van der Waals surface area contributed by atoms with Gasteiger partial charge in [0.05, 0.1) is 8.07 Å². The molecular formula is C8H16BrOSi-. The average molecular weight is 236 g/mol. The normalized spacial score (nSPS) is 15.3. The van der Waals surface area contributed by atoms with Crippen molar-refractivity contribution in [2.75, 3.05) is 0 Å². The molecule has 0 spiro atoms. The van der Waals surface area contributed by atoms with Crippen LogP contribution in [-0.4, -0.2) is 8.07 Å². The molecule has 0 aliphatic carbocycles. The van der Waals surface area contributed by atoms with Gasteiger partial charge in [0.2, 0.25) is 0 Å². The minimum Gasteiger partial charge on any atom is -0.878 e. The molecule has 0 aliphatic heterocycles. The number of halogens is 1. The van der Waals surface area contributed by atoms with Gasteiger partial charge in [0, 0.05) is 0 Å². The van der Waals surface area contributed by atoms with E-state index in [9.17, 15) is 5.11 Å². The quantitative estimate of drug-likeness (QED) is 0.507. The first-order chi connectivity index (χ1) is 4.73. The molecule has 0 unspecified atom stereocenters. The Hall–Kier alpha value is 0.237. The second-order valence-corrected chi connectivity index (χ2v) is 10.0. The van der Waals surface area contributed by atoms with Crippen molar-refractivity contribution in [3.05, 3.63) is 10.4 Å². The van der Waals surface area contributed by atoms with E-state index < -0.39 is 8.07 Å². The first kappa shape index (κ1) is 11.2. The largest absolute Gasteiger partial charge is 0.878 e. The van der Waals surface area contributed by atoms with Crippen LogP contribution >= 0.6 is 15.9 Å². The average Bonchev–Trinajstić information content (AvgIpc) is 1.83. The predicted molar refractivity (Wildman–Crippen MR) is 54.2 cm³/mol. The molecule has 0 amide bonds. The van der Waals surface area contributed by atoms with Crippen LogP contribution in [0.2, 0.25) is 18.1 Å². The lowest BCUT2D eigenvalue weighted by Gasteiger charge is -2.42. The van der Waals surface area contributed by atoms with Crippen molar-refractivity contribution in [2.45, 2.75) is 38.9 Å². The molecule has 0 N–H and O–H groups in total. The van der Waals surface area contributed by atoms with Crippen molar-refractivity contribution in [1.82, 2.24) is 0 Å². The lowest BCUT2D eigenvalue weighted by Crippen LogP contribution is -2.44. The molecule has 0 heterocycles. The summed E-state index contributed by atoms with van der Waals surface area (Å²) in [5.41, 5.74) is 0. The highest BCUT2D eigenvalue weighted by atomic mass is 79.9. The van der Waals surface area contributed by atoms with E-state index in [0.717, 1.165) is 0 Å². The van der Waals surface area contributed by atoms with Crippen LogP contribution in [0, 0.1) is 0 Å².